The molecule has 2 heterocycles. The highest BCUT2D eigenvalue weighted by atomic mass is 32.1. The van der Waals surface area contributed by atoms with Gasteiger partial charge in [-0.3, -0.25) is 9.69 Å². The zero-order valence-corrected chi connectivity index (χ0v) is 21.2. The molecule has 35 heavy (non-hydrogen) atoms. The average Bonchev–Trinajstić information content (AvgIpc) is 3.52. The first kappa shape index (κ1) is 23.2. The molecule has 0 aliphatic carbocycles. The normalized spacial score (nSPS) is 11.0. The van der Waals surface area contributed by atoms with Crippen molar-refractivity contribution in [2.75, 3.05) is 11.5 Å². The number of fused-ring (bicyclic) bond motifs is 1. The van der Waals surface area contributed by atoms with Crippen molar-refractivity contribution < 1.29 is 9.53 Å². The predicted molar refractivity (Wildman–Crippen MR) is 145 cm³/mol. The van der Waals surface area contributed by atoms with E-state index in [1.54, 1.807) is 4.90 Å². The van der Waals surface area contributed by atoms with Crippen molar-refractivity contribution >= 4 is 49.6 Å². The van der Waals surface area contributed by atoms with Crippen molar-refractivity contribution in [1.29, 1.82) is 0 Å². The Morgan fingerprint density at radius 2 is 1.71 bits per heavy atom. The van der Waals surface area contributed by atoms with Crippen LogP contribution in [-0.4, -0.2) is 22.5 Å². The second-order valence-corrected chi connectivity index (χ2v) is 9.83. The number of nitrogens with zero attached hydrogens (tertiary/aromatic N) is 3. The van der Waals surface area contributed by atoms with Gasteiger partial charge in [-0.15, -0.1) is 11.3 Å². The van der Waals surface area contributed by atoms with E-state index < -0.39 is 0 Å². The average molecular weight is 500 g/mol. The molecule has 0 fully saturated rings. The summed E-state index contributed by atoms with van der Waals surface area (Å²) in [6, 6.07) is 23.9. The molecule has 0 bridgehead atoms. The molecule has 5 rings (SSSR count). The Hall–Kier alpha value is -3.55. The molecule has 0 unspecified atom stereocenters. The van der Waals surface area contributed by atoms with Crippen LogP contribution in [0.3, 0.4) is 0 Å². The summed E-state index contributed by atoms with van der Waals surface area (Å²) in [4.78, 5) is 25.0. The van der Waals surface area contributed by atoms with Crippen molar-refractivity contribution in [1.82, 2.24) is 9.97 Å². The highest BCUT2D eigenvalue weighted by molar-refractivity contribution is 7.22. The van der Waals surface area contributed by atoms with Crippen LogP contribution in [0.1, 0.15) is 25.1 Å². The van der Waals surface area contributed by atoms with Crippen LogP contribution in [0, 0.1) is 0 Å². The van der Waals surface area contributed by atoms with Crippen LogP contribution < -0.4 is 9.64 Å². The summed E-state index contributed by atoms with van der Waals surface area (Å²) in [6.07, 6.45) is 1.12. The summed E-state index contributed by atoms with van der Waals surface area (Å²) in [5.41, 5.74) is 4.60. The first-order valence-electron chi connectivity index (χ1n) is 11.6. The second-order valence-electron chi connectivity index (χ2n) is 7.96. The lowest BCUT2D eigenvalue weighted by Gasteiger charge is -2.20. The number of anilines is 2. The molecule has 5 nitrogen and oxygen atoms in total. The van der Waals surface area contributed by atoms with Crippen molar-refractivity contribution in [2.24, 2.45) is 0 Å². The van der Waals surface area contributed by atoms with Crippen molar-refractivity contribution in [3.05, 3.63) is 89.4 Å². The summed E-state index contributed by atoms with van der Waals surface area (Å²) in [5.74, 6) is 0.734. The molecule has 0 saturated heterocycles. The van der Waals surface area contributed by atoms with Crippen LogP contribution >= 0.6 is 22.7 Å². The van der Waals surface area contributed by atoms with E-state index in [2.05, 4.69) is 19.1 Å². The molecule has 0 aliphatic rings. The first-order valence-corrected chi connectivity index (χ1v) is 13.3. The number of para-hydroxylation sites is 2. The Labute approximate surface area is 212 Å². The highest BCUT2D eigenvalue weighted by Gasteiger charge is 2.23. The van der Waals surface area contributed by atoms with E-state index in [0.29, 0.717) is 11.7 Å². The Morgan fingerprint density at radius 3 is 2.49 bits per heavy atom. The molecule has 0 aliphatic heterocycles. The van der Waals surface area contributed by atoms with Crippen molar-refractivity contribution in [3.8, 4) is 16.3 Å². The van der Waals surface area contributed by atoms with Gasteiger partial charge in [-0.05, 0) is 55.3 Å². The Morgan fingerprint density at radius 1 is 0.943 bits per heavy atom. The maximum Gasteiger partial charge on any atom is 0.239 e. The molecule has 3 aromatic carbocycles. The molecule has 1 amide bonds. The van der Waals surface area contributed by atoms with E-state index in [1.807, 2.05) is 73.0 Å². The van der Waals surface area contributed by atoms with Crippen molar-refractivity contribution in [3.63, 3.8) is 0 Å². The zero-order valence-electron chi connectivity index (χ0n) is 19.6. The molecule has 0 atom stereocenters. The van der Waals surface area contributed by atoms with Gasteiger partial charge in [-0.25, -0.2) is 9.97 Å². The van der Waals surface area contributed by atoms with Gasteiger partial charge < -0.3 is 4.74 Å². The van der Waals surface area contributed by atoms with Crippen molar-refractivity contribution in [2.45, 2.75) is 26.7 Å². The third-order valence-corrected chi connectivity index (χ3v) is 7.57. The summed E-state index contributed by atoms with van der Waals surface area (Å²) in [5, 5.41) is 3.46. The topological polar surface area (TPSA) is 55.3 Å². The SMILES string of the molecule is CCOc1ccccc1-c1nc(CC(=O)N(c2ccc(CC)cc2)c2nc3ccccc3s2)cs1. The highest BCUT2D eigenvalue weighted by Crippen LogP contribution is 2.35. The molecule has 5 aromatic rings. The van der Waals surface area contributed by atoms with Crippen LogP contribution in [0.5, 0.6) is 5.75 Å². The van der Waals surface area contributed by atoms with E-state index in [9.17, 15) is 4.79 Å². The lowest BCUT2D eigenvalue weighted by Crippen LogP contribution is -2.27. The van der Waals surface area contributed by atoms with Crippen LogP contribution in [0.15, 0.2) is 78.2 Å². The fraction of sp³-hybridized carbons (Fsp3) is 0.179. The molecule has 7 heteroatoms. The van der Waals surface area contributed by atoms with Gasteiger partial charge in [0.1, 0.15) is 10.8 Å². The number of carbonyl (C=O) groups excluding carboxylic acids is 1. The molecule has 0 saturated carbocycles. The Bertz CT molecular complexity index is 1420. The number of ether oxygens (including phenoxy) is 1. The number of aromatic nitrogens is 2. The molecule has 0 spiro atoms. The van der Waals surface area contributed by atoms with Crippen LogP contribution in [-0.2, 0) is 17.6 Å². The molecule has 176 valence electrons. The first-order chi connectivity index (χ1) is 17.2. The number of hydrogen-bond acceptors (Lipinski definition) is 6. The molecule has 0 N–H and O–H groups in total. The smallest absolute Gasteiger partial charge is 0.239 e. The quantitative estimate of drug-likeness (QED) is 0.225. The third kappa shape index (κ3) is 4.97. The maximum atomic E-state index is 13.7. The largest absolute Gasteiger partial charge is 0.493 e. The Kier molecular flexibility index (Phi) is 6.88. The van der Waals surface area contributed by atoms with E-state index in [1.165, 1.54) is 28.2 Å². The van der Waals surface area contributed by atoms with Gasteiger partial charge in [0.15, 0.2) is 5.13 Å². The van der Waals surface area contributed by atoms with E-state index in [-0.39, 0.29) is 12.3 Å². The molecular weight excluding hydrogens is 474 g/mol. The lowest BCUT2D eigenvalue weighted by molar-refractivity contribution is -0.117. The number of carbonyl (C=O) groups is 1. The molecule has 2 aromatic heterocycles. The second kappa shape index (κ2) is 10.4. The minimum Gasteiger partial charge on any atom is -0.493 e. The van der Waals surface area contributed by atoms with Gasteiger partial charge in [-0.1, -0.05) is 54.7 Å². The summed E-state index contributed by atoms with van der Waals surface area (Å²) >= 11 is 3.04. The lowest BCUT2D eigenvalue weighted by atomic mass is 10.1. The minimum absolute atomic E-state index is 0.0664. The third-order valence-electron chi connectivity index (χ3n) is 5.63. The van der Waals surface area contributed by atoms with E-state index in [0.717, 1.165) is 44.3 Å². The summed E-state index contributed by atoms with van der Waals surface area (Å²) in [7, 11) is 0. The molecular formula is C28H25N3O2S2. The zero-order chi connectivity index (χ0) is 24.2. The summed E-state index contributed by atoms with van der Waals surface area (Å²) < 4.78 is 6.82. The van der Waals surface area contributed by atoms with Gasteiger partial charge in [-0.2, -0.15) is 0 Å². The number of benzene rings is 3. The van der Waals surface area contributed by atoms with Gasteiger partial charge >= 0.3 is 0 Å². The standard InChI is InChI=1S/C28H25N3O2S2/c1-3-19-13-15-21(16-14-19)31(28-30-23-10-6-8-12-25(23)35-28)26(32)17-20-18-34-27(29-20)22-9-5-7-11-24(22)33-4-2/h5-16,18H,3-4,17H2,1-2H3. The number of amides is 1. The fourth-order valence-electron chi connectivity index (χ4n) is 3.87. The Balaban J connectivity index is 1.46. The monoisotopic (exact) mass is 499 g/mol. The molecule has 0 radical (unpaired) electrons. The predicted octanol–water partition coefficient (Wildman–Crippen LogP) is 7.29. The van der Waals surface area contributed by atoms with E-state index in [4.69, 9.17) is 14.7 Å². The van der Waals surface area contributed by atoms with Crippen LogP contribution in [0.4, 0.5) is 10.8 Å². The maximum absolute atomic E-state index is 13.7. The van der Waals surface area contributed by atoms with Crippen LogP contribution in [0.2, 0.25) is 0 Å². The van der Waals surface area contributed by atoms with Gasteiger partial charge in [0.05, 0.1) is 40.2 Å². The number of rotatable bonds is 8. The van der Waals surface area contributed by atoms with Gasteiger partial charge in [0.25, 0.3) is 0 Å². The number of aryl methyl sites for hydroxylation is 1. The van der Waals surface area contributed by atoms with Gasteiger partial charge in [0.2, 0.25) is 5.91 Å². The number of thiazole rings is 2. The minimum atomic E-state index is -0.0664. The van der Waals surface area contributed by atoms with Crippen LogP contribution in [0.25, 0.3) is 20.8 Å². The van der Waals surface area contributed by atoms with E-state index >= 15 is 0 Å². The summed E-state index contributed by atoms with van der Waals surface area (Å²) in [6.45, 7) is 4.67. The fourth-order valence-corrected chi connectivity index (χ4v) is 5.72. The van der Waals surface area contributed by atoms with Gasteiger partial charge in [0, 0.05) is 5.38 Å². The number of hydrogen-bond donors (Lipinski definition) is 0.